The van der Waals surface area contributed by atoms with E-state index >= 15 is 0 Å². The molecule has 1 aromatic heterocycles. The zero-order chi connectivity index (χ0) is 20.2. The van der Waals surface area contributed by atoms with Crippen LogP contribution in [0.4, 0.5) is 15.9 Å². The monoisotopic (exact) mass is 386 g/mol. The van der Waals surface area contributed by atoms with Gasteiger partial charge in [0.25, 0.3) is 0 Å². The summed E-state index contributed by atoms with van der Waals surface area (Å²) in [4.78, 5) is 9.07. The molecule has 0 fully saturated rings. The average molecular weight is 386 g/mol. The summed E-state index contributed by atoms with van der Waals surface area (Å²) >= 11 is 0. The SMILES string of the molecule is C=CCc1ccc(-c2ccc(N)c(NCC3=CC4C=CC=NC4C=C3)n2)cc1F. The first-order valence-corrected chi connectivity index (χ1v) is 9.63. The zero-order valence-corrected chi connectivity index (χ0v) is 16.1. The van der Waals surface area contributed by atoms with Crippen LogP contribution in [-0.2, 0) is 6.42 Å². The molecule has 1 aromatic carbocycles. The van der Waals surface area contributed by atoms with Gasteiger partial charge in [0.2, 0.25) is 0 Å². The molecule has 2 aromatic rings. The molecule has 2 aliphatic rings. The Balaban J connectivity index is 1.50. The number of fused-ring (bicyclic) bond motifs is 1. The minimum absolute atomic E-state index is 0.189. The van der Waals surface area contributed by atoms with Crippen LogP contribution in [0.2, 0.25) is 0 Å². The highest BCUT2D eigenvalue weighted by Crippen LogP contribution is 2.27. The highest BCUT2D eigenvalue weighted by Gasteiger charge is 2.19. The fraction of sp³-hybridized carbons (Fsp3) is 0.167. The summed E-state index contributed by atoms with van der Waals surface area (Å²) in [5, 5.41) is 3.31. The molecule has 2 heterocycles. The summed E-state index contributed by atoms with van der Waals surface area (Å²) in [5.41, 5.74) is 9.81. The Labute approximate surface area is 170 Å². The van der Waals surface area contributed by atoms with Gasteiger partial charge in [0, 0.05) is 24.2 Å². The van der Waals surface area contributed by atoms with Gasteiger partial charge in [-0.1, -0.05) is 42.5 Å². The van der Waals surface area contributed by atoms with Crippen LogP contribution in [0, 0.1) is 11.7 Å². The molecule has 0 saturated carbocycles. The molecule has 2 atom stereocenters. The van der Waals surface area contributed by atoms with Gasteiger partial charge in [-0.15, -0.1) is 6.58 Å². The number of allylic oxidation sites excluding steroid dienone is 2. The molecule has 4 nitrogen and oxygen atoms in total. The Kier molecular flexibility index (Phi) is 5.38. The number of pyridine rings is 1. The van der Waals surface area contributed by atoms with E-state index in [4.69, 9.17) is 5.73 Å². The van der Waals surface area contributed by atoms with Crippen molar-refractivity contribution in [3.63, 3.8) is 0 Å². The van der Waals surface area contributed by atoms with E-state index in [-0.39, 0.29) is 17.8 Å². The van der Waals surface area contributed by atoms with E-state index in [1.54, 1.807) is 24.3 Å². The molecule has 29 heavy (non-hydrogen) atoms. The van der Waals surface area contributed by atoms with E-state index in [1.165, 1.54) is 6.07 Å². The van der Waals surface area contributed by atoms with E-state index < -0.39 is 0 Å². The number of nitrogens with one attached hydrogen (secondary N) is 1. The molecular formula is C24H23FN4. The van der Waals surface area contributed by atoms with Crippen molar-refractivity contribution < 1.29 is 4.39 Å². The van der Waals surface area contributed by atoms with Gasteiger partial charge in [-0.3, -0.25) is 4.99 Å². The maximum Gasteiger partial charge on any atom is 0.150 e. The fourth-order valence-electron chi connectivity index (χ4n) is 3.50. The summed E-state index contributed by atoms with van der Waals surface area (Å²) in [6.07, 6.45) is 14.6. The highest BCUT2D eigenvalue weighted by atomic mass is 19.1. The van der Waals surface area contributed by atoms with E-state index in [9.17, 15) is 4.39 Å². The first-order valence-electron chi connectivity index (χ1n) is 9.63. The number of hydrogen-bond acceptors (Lipinski definition) is 4. The average Bonchev–Trinajstić information content (AvgIpc) is 2.74. The first-order chi connectivity index (χ1) is 14.1. The Morgan fingerprint density at radius 1 is 1.21 bits per heavy atom. The van der Waals surface area contributed by atoms with Crippen LogP contribution in [0.25, 0.3) is 11.3 Å². The van der Waals surface area contributed by atoms with Crippen molar-refractivity contribution in [2.45, 2.75) is 12.5 Å². The third-order valence-electron chi connectivity index (χ3n) is 5.09. The van der Waals surface area contributed by atoms with Crippen molar-refractivity contribution >= 4 is 17.7 Å². The normalized spacial score (nSPS) is 19.6. The van der Waals surface area contributed by atoms with E-state index in [0.29, 0.717) is 41.3 Å². The topological polar surface area (TPSA) is 63.3 Å². The third-order valence-corrected chi connectivity index (χ3v) is 5.09. The van der Waals surface area contributed by atoms with Gasteiger partial charge in [0.05, 0.1) is 17.4 Å². The van der Waals surface area contributed by atoms with Gasteiger partial charge in [0.1, 0.15) is 11.6 Å². The molecule has 1 aliphatic heterocycles. The number of rotatable bonds is 6. The highest BCUT2D eigenvalue weighted by molar-refractivity contribution is 5.73. The van der Waals surface area contributed by atoms with Gasteiger partial charge >= 0.3 is 0 Å². The molecule has 0 spiro atoms. The predicted molar refractivity (Wildman–Crippen MR) is 119 cm³/mol. The second-order valence-electron chi connectivity index (χ2n) is 7.14. The standard InChI is InChI=1S/C24H23FN4/c1-2-4-17-7-8-19(14-20(17)25)23-11-9-21(26)24(29-23)28-15-16-6-10-22-18(13-16)5-3-12-27-22/h2-3,5-14,18,22H,1,4,15,26H2,(H,28,29). The van der Waals surface area contributed by atoms with Gasteiger partial charge in [-0.25, -0.2) is 9.37 Å². The Morgan fingerprint density at radius 3 is 2.93 bits per heavy atom. The molecule has 0 bridgehead atoms. The number of hydrogen-bond donors (Lipinski definition) is 2. The Hall–Kier alpha value is -3.47. The van der Waals surface area contributed by atoms with Crippen molar-refractivity contribution in [2.75, 3.05) is 17.6 Å². The van der Waals surface area contributed by atoms with Crippen molar-refractivity contribution in [2.24, 2.45) is 10.9 Å². The summed E-state index contributed by atoms with van der Waals surface area (Å²) in [6, 6.07) is 8.92. The van der Waals surface area contributed by atoms with E-state index in [1.807, 2.05) is 18.4 Å². The number of nitrogens with two attached hydrogens (primary N) is 1. The Morgan fingerprint density at radius 2 is 2.10 bits per heavy atom. The smallest absolute Gasteiger partial charge is 0.150 e. The van der Waals surface area contributed by atoms with Crippen LogP contribution in [0.1, 0.15) is 5.56 Å². The minimum atomic E-state index is -0.259. The lowest BCUT2D eigenvalue weighted by atomic mass is 9.90. The second-order valence-corrected chi connectivity index (χ2v) is 7.14. The van der Waals surface area contributed by atoms with Crippen molar-refractivity contribution in [3.8, 4) is 11.3 Å². The summed E-state index contributed by atoms with van der Waals surface area (Å²) in [5.74, 6) is 0.619. The summed E-state index contributed by atoms with van der Waals surface area (Å²) in [6.45, 7) is 4.26. The number of halogens is 1. The van der Waals surface area contributed by atoms with Gasteiger partial charge in [0.15, 0.2) is 0 Å². The molecular weight excluding hydrogens is 363 g/mol. The van der Waals surface area contributed by atoms with Crippen molar-refractivity contribution in [1.29, 1.82) is 0 Å². The first kappa shape index (κ1) is 18.9. The molecule has 2 unspecified atom stereocenters. The number of anilines is 2. The molecule has 1 aliphatic carbocycles. The largest absolute Gasteiger partial charge is 0.396 e. The molecule has 4 rings (SSSR count). The van der Waals surface area contributed by atoms with Crippen LogP contribution < -0.4 is 11.1 Å². The summed E-state index contributed by atoms with van der Waals surface area (Å²) in [7, 11) is 0. The second kappa shape index (κ2) is 8.27. The van der Waals surface area contributed by atoms with Crippen LogP contribution in [0.5, 0.6) is 0 Å². The molecule has 5 heteroatoms. The van der Waals surface area contributed by atoms with Gasteiger partial charge in [-0.2, -0.15) is 0 Å². The van der Waals surface area contributed by atoms with Gasteiger partial charge in [-0.05, 0) is 41.8 Å². The number of aliphatic imine (C=N–C) groups is 1. The summed E-state index contributed by atoms with van der Waals surface area (Å²) < 4.78 is 14.3. The van der Waals surface area contributed by atoms with Crippen LogP contribution in [0.3, 0.4) is 0 Å². The molecule has 0 radical (unpaired) electrons. The quantitative estimate of drug-likeness (QED) is 0.706. The fourth-order valence-corrected chi connectivity index (χ4v) is 3.50. The molecule has 3 N–H and O–H groups in total. The molecule has 146 valence electrons. The molecule has 0 amide bonds. The van der Waals surface area contributed by atoms with Crippen LogP contribution in [0.15, 0.2) is 83.9 Å². The Bertz CT molecular complexity index is 1050. The van der Waals surface area contributed by atoms with Crippen LogP contribution >= 0.6 is 0 Å². The lowest BCUT2D eigenvalue weighted by molar-refractivity contribution is 0.615. The molecule has 0 saturated heterocycles. The maximum absolute atomic E-state index is 14.3. The van der Waals surface area contributed by atoms with Crippen molar-refractivity contribution in [3.05, 3.63) is 90.3 Å². The van der Waals surface area contributed by atoms with Crippen molar-refractivity contribution in [1.82, 2.24) is 4.98 Å². The zero-order valence-electron chi connectivity index (χ0n) is 16.1. The number of dihydropyridines is 1. The van der Waals surface area contributed by atoms with Crippen LogP contribution in [-0.4, -0.2) is 23.8 Å². The lowest BCUT2D eigenvalue weighted by Crippen LogP contribution is -2.20. The lowest BCUT2D eigenvalue weighted by Gasteiger charge is -2.22. The predicted octanol–water partition coefficient (Wildman–Crippen LogP) is 4.73. The van der Waals surface area contributed by atoms with Gasteiger partial charge < -0.3 is 11.1 Å². The number of benzene rings is 1. The number of nitrogen functional groups attached to an aromatic ring is 1. The minimum Gasteiger partial charge on any atom is -0.396 e. The maximum atomic E-state index is 14.3. The van der Waals surface area contributed by atoms with E-state index in [2.05, 4.69) is 46.2 Å². The number of nitrogens with zero attached hydrogens (tertiary/aromatic N) is 2. The number of aromatic nitrogens is 1. The van der Waals surface area contributed by atoms with E-state index in [0.717, 1.165) is 5.57 Å². The third kappa shape index (κ3) is 4.19.